The molecule has 0 aliphatic rings. The molecule has 4 nitrogen and oxygen atoms in total. The topological polar surface area (TPSA) is 44.1 Å². The molecule has 0 atom stereocenters. The quantitative estimate of drug-likeness (QED) is 0.804. The van der Waals surface area contributed by atoms with E-state index in [1.165, 1.54) is 30.0 Å². The smallest absolute Gasteiger partial charge is 0.356 e. The van der Waals surface area contributed by atoms with E-state index in [4.69, 9.17) is 11.6 Å². The van der Waals surface area contributed by atoms with Crippen LogP contribution in [-0.2, 0) is 11.3 Å². The van der Waals surface area contributed by atoms with E-state index < -0.39 is 5.97 Å². The Hall–Kier alpha value is -1.88. The van der Waals surface area contributed by atoms with Gasteiger partial charge in [-0.1, -0.05) is 12.1 Å². The molecule has 94 valence electrons. The first-order valence-electron chi connectivity index (χ1n) is 5.15. The van der Waals surface area contributed by atoms with Crippen molar-refractivity contribution in [2.24, 2.45) is 0 Å². The zero-order chi connectivity index (χ0) is 13.1. The number of imidazole rings is 1. The second-order valence-electron chi connectivity index (χ2n) is 3.62. The maximum Gasteiger partial charge on any atom is 0.356 e. The highest BCUT2D eigenvalue weighted by molar-refractivity contribution is 6.28. The molecule has 1 heterocycles. The highest BCUT2D eigenvalue weighted by atomic mass is 35.5. The Morgan fingerprint density at radius 1 is 1.44 bits per heavy atom. The van der Waals surface area contributed by atoms with Gasteiger partial charge in [0.1, 0.15) is 11.5 Å². The van der Waals surface area contributed by atoms with Crippen LogP contribution < -0.4 is 0 Å². The molecular weight excluding hydrogens is 259 g/mol. The normalized spacial score (nSPS) is 10.4. The van der Waals surface area contributed by atoms with Crippen molar-refractivity contribution in [3.63, 3.8) is 0 Å². The fraction of sp³-hybridized carbons (Fsp3) is 0.167. The molecule has 6 heteroatoms. The number of ether oxygens (including phenoxy) is 1. The molecule has 0 saturated heterocycles. The molecule has 18 heavy (non-hydrogen) atoms. The Labute approximate surface area is 108 Å². The average molecular weight is 269 g/mol. The van der Waals surface area contributed by atoms with Gasteiger partial charge in [0.2, 0.25) is 5.28 Å². The van der Waals surface area contributed by atoms with Gasteiger partial charge in [0.25, 0.3) is 0 Å². The molecule has 0 unspecified atom stereocenters. The van der Waals surface area contributed by atoms with E-state index in [9.17, 15) is 9.18 Å². The van der Waals surface area contributed by atoms with Gasteiger partial charge in [-0.05, 0) is 29.3 Å². The third kappa shape index (κ3) is 2.51. The summed E-state index contributed by atoms with van der Waals surface area (Å²) in [6, 6.07) is 5.93. The Morgan fingerprint density at radius 2 is 2.11 bits per heavy atom. The standard InChI is InChI=1S/C12H10ClFN2O2/c1-18-11(17)10-6-15-12(13)16(10)7-8-2-4-9(14)5-3-8/h2-6H,7H2,1H3. The van der Waals surface area contributed by atoms with Crippen LogP contribution in [0.5, 0.6) is 0 Å². The maximum atomic E-state index is 12.8. The number of esters is 1. The third-order valence-corrected chi connectivity index (χ3v) is 2.76. The van der Waals surface area contributed by atoms with Crippen LogP contribution in [0.3, 0.4) is 0 Å². The zero-order valence-electron chi connectivity index (χ0n) is 9.56. The van der Waals surface area contributed by atoms with Gasteiger partial charge in [-0.3, -0.25) is 0 Å². The molecule has 1 aromatic heterocycles. The zero-order valence-corrected chi connectivity index (χ0v) is 10.3. The van der Waals surface area contributed by atoms with Gasteiger partial charge in [0, 0.05) is 0 Å². The van der Waals surface area contributed by atoms with Crippen molar-refractivity contribution in [3.05, 3.63) is 52.8 Å². The lowest BCUT2D eigenvalue weighted by atomic mass is 10.2. The molecule has 0 aliphatic carbocycles. The SMILES string of the molecule is COC(=O)c1cnc(Cl)n1Cc1ccc(F)cc1. The van der Waals surface area contributed by atoms with Crippen molar-refractivity contribution in [2.75, 3.05) is 7.11 Å². The van der Waals surface area contributed by atoms with Crippen LogP contribution >= 0.6 is 11.6 Å². The average Bonchev–Trinajstić information content (AvgIpc) is 2.73. The summed E-state index contributed by atoms with van der Waals surface area (Å²) in [4.78, 5) is 15.3. The number of nitrogens with zero attached hydrogens (tertiary/aromatic N) is 2. The number of aromatic nitrogens is 2. The van der Waals surface area contributed by atoms with Crippen molar-refractivity contribution >= 4 is 17.6 Å². The van der Waals surface area contributed by atoms with E-state index in [0.29, 0.717) is 6.54 Å². The summed E-state index contributed by atoms with van der Waals surface area (Å²) >= 11 is 5.90. The Kier molecular flexibility index (Phi) is 3.62. The summed E-state index contributed by atoms with van der Waals surface area (Å²) in [6.07, 6.45) is 1.34. The molecule has 0 spiro atoms. The summed E-state index contributed by atoms with van der Waals surface area (Å²) < 4.78 is 18.9. The largest absolute Gasteiger partial charge is 0.464 e. The summed E-state index contributed by atoms with van der Waals surface area (Å²) in [5.41, 5.74) is 1.06. The number of hydrogen-bond acceptors (Lipinski definition) is 3. The Balaban J connectivity index is 2.31. The molecule has 1 aromatic carbocycles. The van der Waals surface area contributed by atoms with Crippen LogP contribution in [0.2, 0.25) is 5.28 Å². The molecular formula is C12H10ClFN2O2. The molecule has 0 radical (unpaired) electrons. The van der Waals surface area contributed by atoms with E-state index in [-0.39, 0.29) is 16.8 Å². The van der Waals surface area contributed by atoms with E-state index in [2.05, 4.69) is 9.72 Å². The van der Waals surface area contributed by atoms with Gasteiger partial charge in [0.05, 0.1) is 19.9 Å². The summed E-state index contributed by atoms with van der Waals surface area (Å²) in [7, 11) is 1.28. The maximum absolute atomic E-state index is 12.8. The number of hydrogen-bond donors (Lipinski definition) is 0. The highest BCUT2D eigenvalue weighted by Gasteiger charge is 2.16. The van der Waals surface area contributed by atoms with Crippen LogP contribution in [0.4, 0.5) is 4.39 Å². The van der Waals surface area contributed by atoms with E-state index >= 15 is 0 Å². The van der Waals surface area contributed by atoms with Gasteiger partial charge >= 0.3 is 5.97 Å². The lowest BCUT2D eigenvalue weighted by molar-refractivity contribution is 0.0589. The monoisotopic (exact) mass is 268 g/mol. The molecule has 0 saturated carbocycles. The van der Waals surface area contributed by atoms with Crippen LogP contribution in [0.15, 0.2) is 30.5 Å². The van der Waals surface area contributed by atoms with E-state index in [0.717, 1.165) is 5.56 Å². The predicted octanol–water partition coefficient (Wildman–Crippen LogP) is 2.51. The van der Waals surface area contributed by atoms with E-state index in [1.807, 2.05) is 0 Å². The summed E-state index contributed by atoms with van der Waals surface area (Å²) in [5.74, 6) is -0.833. The predicted molar refractivity (Wildman–Crippen MR) is 64.1 cm³/mol. The van der Waals surface area contributed by atoms with Crippen molar-refractivity contribution in [3.8, 4) is 0 Å². The first-order valence-corrected chi connectivity index (χ1v) is 5.53. The van der Waals surface area contributed by atoms with Gasteiger partial charge < -0.3 is 9.30 Å². The van der Waals surface area contributed by atoms with Crippen LogP contribution in [-0.4, -0.2) is 22.6 Å². The number of rotatable bonds is 3. The number of methoxy groups -OCH3 is 1. The molecule has 2 aromatic rings. The number of carbonyl (C=O) groups is 1. The van der Waals surface area contributed by atoms with Crippen LogP contribution in [0, 0.1) is 5.82 Å². The lowest BCUT2D eigenvalue weighted by Crippen LogP contribution is -2.11. The fourth-order valence-electron chi connectivity index (χ4n) is 1.54. The van der Waals surface area contributed by atoms with Gasteiger partial charge in [-0.25, -0.2) is 14.2 Å². The molecule has 0 N–H and O–H groups in total. The highest BCUT2D eigenvalue weighted by Crippen LogP contribution is 2.15. The van der Waals surface area contributed by atoms with Crippen molar-refractivity contribution in [2.45, 2.75) is 6.54 Å². The van der Waals surface area contributed by atoms with Gasteiger partial charge in [-0.15, -0.1) is 0 Å². The third-order valence-electron chi connectivity index (χ3n) is 2.46. The van der Waals surface area contributed by atoms with Crippen molar-refractivity contribution in [1.82, 2.24) is 9.55 Å². The molecule has 0 fully saturated rings. The first kappa shape index (κ1) is 12.6. The Bertz CT molecular complexity index is 566. The molecule has 0 amide bonds. The fourth-order valence-corrected chi connectivity index (χ4v) is 1.74. The minimum Gasteiger partial charge on any atom is -0.464 e. The minimum absolute atomic E-state index is 0.180. The summed E-state index contributed by atoms with van der Waals surface area (Å²) in [6.45, 7) is 0.323. The van der Waals surface area contributed by atoms with Crippen molar-refractivity contribution < 1.29 is 13.9 Å². The first-order chi connectivity index (χ1) is 8.61. The van der Waals surface area contributed by atoms with E-state index in [1.54, 1.807) is 12.1 Å². The lowest BCUT2D eigenvalue weighted by Gasteiger charge is -2.08. The number of benzene rings is 1. The van der Waals surface area contributed by atoms with Gasteiger partial charge in [0.15, 0.2) is 0 Å². The van der Waals surface area contributed by atoms with Crippen molar-refractivity contribution in [1.29, 1.82) is 0 Å². The molecule has 0 aliphatic heterocycles. The van der Waals surface area contributed by atoms with Gasteiger partial charge in [-0.2, -0.15) is 0 Å². The van der Waals surface area contributed by atoms with Crippen LogP contribution in [0.1, 0.15) is 16.1 Å². The molecule has 0 bridgehead atoms. The second kappa shape index (κ2) is 5.18. The number of carbonyl (C=O) groups excluding carboxylic acids is 1. The van der Waals surface area contributed by atoms with Crippen LogP contribution in [0.25, 0.3) is 0 Å². The second-order valence-corrected chi connectivity index (χ2v) is 3.95. The Morgan fingerprint density at radius 3 is 2.72 bits per heavy atom. The molecule has 2 rings (SSSR count). The number of halogens is 2. The summed E-state index contributed by atoms with van der Waals surface area (Å²) in [5, 5.41) is 0.180. The minimum atomic E-state index is -0.517.